The first-order valence-corrected chi connectivity index (χ1v) is 10.2. The van der Waals surface area contributed by atoms with E-state index in [1.165, 1.54) is 0 Å². The molecule has 3 aromatic carbocycles. The Balaban J connectivity index is 0. The molecule has 0 amide bonds. The smallest absolute Gasteiger partial charge is 0.121 e. The quantitative estimate of drug-likeness (QED) is 0.358. The number of methoxy groups -OCH3 is 1. The summed E-state index contributed by atoms with van der Waals surface area (Å²) in [5.74, 6) is 0. The molecule has 0 saturated carbocycles. The summed E-state index contributed by atoms with van der Waals surface area (Å²) >= 11 is 13.6. The minimum absolute atomic E-state index is 0.667. The van der Waals surface area contributed by atoms with Gasteiger partial charge in [0.1, 0.15) is 4.87 Å². The Labute approximate surface area is 191 Å². The number of rotatable bonds is 3. The van der Waals surface area contributed by atoms with Crippen LogP contribution in [0.5, 0.6) is 0 Å². The molecule has 2 N–H and O–H groups in total. The third-order valence-electron chi connectivity index (χ3n) is 3.59. The van der Waals surface area contributed by atoms with E-state index >= 15 is 0 Å². The summed E-state index contributed by atoms with van der Waals surface area (Å²) < 4.78 is 4.25. The SMILES string of the molecule is CC.CO.CO.COC.Clc1ccccc1C(Cl)(c1ccccc1)c1ccccc1. The fourth-order valence-corrected chi connectivity index (χ4v) is 3.30. The number of alkyl halides is 1. The summed E-state index contributed by atoms with van der Waals surface area (Å²) in [6, 6.07) is 27.8. The number of aliphatic hydroxyl groups excluding tert-OH is 2. The van der Waals surface area contributed by atoms with Crippen molar-refractivity contribution >= 4 is 23.2 Å². The van der Waals surface area contributed by atoms with Gasteiger partial charge in [-0.2, -0.15) is 0 Å². The third-order valence-corrected chi connectivity index (χ3v) is 4.56. The van der Waals surface area contributed by atoms with Gasteiger partial charge < -0.3 is 14.9 Å². The Kier molecular flexibility index (Phi) is 19.3. The van der Waals surface area contributed by atoms with Crippen LogP contribution < -0.4 is 0 Å². The van der Waals surface area contributed by atoms with Gasteiger partial charge in [-0.25, -0.2) is 0 Å². The van der Waals surface area contributed by atoms with Crippen LogP contribution >= 0.6 is 23.2 Å². The molecule has 0 heterocycles. The van der Waals surface area contributed by atoms with Crippen LogP contribution in [0.4, 0.5) is 0 Å². The van der Waals surface area contributed by atoms with Gasteiger partial charge in [-0.15, -0.1) is 11.6 Å². The van der Waals surface area contributed by atoms with E-state index in [1.54, 1.807) is 14.2 Å². The Bertz CT molecular complexity index is 711. The van der Waals surface area contributed by atoms with Crippen molar-refractivity contribution in [2.75, 3.05) is 28.4 Å². The van der Waals surface area contributed by atoms with Crippen molar-refractivity contribution in [2.24, 2.45) is 0 Å². The van der Waals surface area contributed by atoms with E-state index in [0.717, 1.165) is 30.9 Å². The summed E-state index contributed by atoms with van der Waals surface area (Å²) in [6.07, 6.45) is 0. The second-order valence-corrected chi connectivity index (χ2v) is 6.25. The molecule has 0 aromatic heterocycles. The van der Waals surface area contributed by atoms with Gasteiger partial charge >= 0.3 is 0 Å². The van der Waals surface area contributed by atoms with Gasteiger partial charge in [-0.1, -0.05) is 104 Å². The van der Waals surface area contributed by atoms with Gasteiger partial charge in [0.15, 0.2) is 0 Å². The Morgan fingerprint density at radius 3 is 1.27 bits per heavy atom. The number of benzene rings is 3. The molecule has 30 heavy (non-hydrogen) atoms. The van der Waals surface area contributed by atoms with E-state index in [2.05, 4.69) is 4.74 Å². The molecule has 0 radical (unpaired) electrons. The maximum absolute atomic E-state index is 7.14. The van der Waals surface area contributed by atoms with Crippen LogP contribution in [0.2, 0.25) is 5.02 Å². The lowest BCUT2D eigenvalue weighted by Crippen LogP contribution is -2.22. The lowest BCUT2D eigenvalue weighted by molar-refractivity contribution is 0.277. The van der Waals surface area contributed by atoms with Crippen LogP contribution in [0.15, 0.2) is 84.9 Å². The second kappa shape index (κ2) is 19.1. The summed E-state index contributed by atoms with van der Waals surface area (Å²) in [7, 11) is 5.25. The predicted octanol–water partition coefficient (Wildman–Crippen LogP) is 6.38. The van der Waals surface area contributed by atoms with Crippen molar-refractivity contribution in [1.82, 2.24) is 0 Å². The minimum Gasteiger partial charge on any atom is -0.400 e. The van der Waals surface area contributed by atoms with Crippen molar-refractivity contribution in [3.8, 4) is 0 Å². The largest absolute Gasteiger partial charge is 0.400 e. The van der Waals surface area contributed by atoms with E-state index in [4.69, 9.17) is 33.4 Å². The number of hydrogen-bond donors (Lipinski definition) is 2. The number of halogens is 2. The molecule has 0 atom stereocenters. The molecule has 0 aliphatic carbocycles. The monoisotopic (exact) mass is 452 g/mol. The molecule has 0 unspecified atom stereocenters. The molecule has 3 aromatic rings. The van der Waals surface area contributed by atoms with E-state index < -0.39 is 4.87 Å². The Hall–Kier alpha value is -1.88. The number of ether oxygens (including phenoxy) is 1. The van der Waals surface area contributed by atoms with Crippen molar-refractivity contribution in [3.05, 3.63) is 107 Å². The number of hydrogen-bond acceptors (Lipinski definition) is 3. The van der Waals surface area contributed by atoms with Crippen LogP contribution in [0, 0.1) is 0 Å². The molecule has 0 aliphatic heterocycles. The molecule has 0 bridgehead atoms. The fraction of sp³-hybridized carbons (Fsp3) is 0.280. The van der Waals surface area contributed by atoms with Crippen molar-refractivity contribution < 1.29 is 14.9 Å². The van der Waals surface area contributed by atoms with E-state index in [9.17, 15) is 0 Å². The lowest BCUT2D eigenvalue weighted by atomic mass is 9.84. The third kappa shape index (κ3) is 8.86. The minimum atomic E-state index is -0.791. The van der Waals surface area contributed by atoms with Crippen molar-refractivity contribution in [2.45, 2.75) is 18.7 Å². The topological polar surface area (TPSA) is 49.7 Å². The van der Waals surface area contributed by atoms with Gasteiger partial charge in [0.2, 0.25) is 0 Å². The van der Waals surface area contributed by atoms with Gasteiger partial charge in [0, 0.05) is 39.0 Å². The Morgan fingerprint density at radius 1 is 0.633 bits per heavy atom. The second-order valence-electron chi connectivity index (χ2n) is 5.28. The van der Waals surface area contributed by atoms with E-state index in [-0.39, 0.29) is 0 Å². The van der Waals surface area contributed by atoms with Crippen LogP contribution in [-0.2, 0) is 9.61 Å². The summed E-state index contributed by atoms with van der Waals surface area (Å²) in [5.41, 5.74) is 2.91. The maximum atomic E-state index is 7.14. The van der Waals surface area contributed by atoms with Crippen LogP contribution in [0.25, 0.3) is 0 Å². The lowest BCUT2D eigenvalue weighted by Gasteiger charge is -2.30. The molecular weight excluding hydrogens is 419 g/mol. The van der Waals surface area contributed by atoms with Crippen LogP contribution in [0.3, 0.4) is 0 Å². The molecule has 3 rings (SSSR count). The summed E-state index contributed by atoms with van der Waals surface area (Å²) in [5, 5.41) is 14.7. The average Bonchev–Trinajstić information content (AvgIpc) is 2.84. The van der Waals surface area contributed by atoms with Crippen molar-refractivity contribution in [1.29, 1.82) is 0 Å². The molecule has 3 nitrogen and oxygen atoms in total. The molecule has 166 valence electrons. The van der Waals surface area contributed by atoms with Gasteiger partial charge in [0.05, 0.1) is 0 Å². The van der Waals surface area contributed by atoms with E-state index in [0.29, 0.717) is 5.02 Å². The summed E-state index contributed by atoms with van der Waals surface area (Å²) in [4.78, 5) is -0.791. The molecule has 5 heteroatoms. The molecule has 0 fully saturated rings. The highest BCUT2D eigenvalue weighted by Gasteiger charge is 2.35. The highest BCUT2D eigenvalue weighted by molar-refractivity contribution is 6.34. The molecule has 0 spiro atoms. The first-order chi connectivity index (χ1) is 14.6. The average molecular weight is 453 g/mol. The maximum Gasteiger partial charge on any atom is 0.121 e. The van der Waals surface area contributed by atoms with Gasteiger partial charge in [0.25, 0.3) is 0 Å². The summed E-state index contributed by atoms with van der Waals surface area (Å²) in [6.45, 7) is 4.00. The molecule has 0 aliphatic rings. The zero-order valence-corrected chi connectivity index (χ0v) is 20.2. The normalized spacial score (nSPS) is 9.13. The van der Waals surface area contributed by atoms with Crippen molar-refractivity contribution in [3.63, 3.8) is 0 Å². The van der Waals surface area contributed by atoms with Crippen LogP contribution in [-0.4, -0.2) is 38.7 Å². The highest BCUT2D eigenvalue weighted by atomic mass is 35.5. The molecular formula is C25H34Cl2O3. The molecule has 0 saturated heterocycles. The van der Waals surface area contributed by atoms with Crippen LogP contribution in [0.1, 0.15) is 30.5 Å². The first kappa shape index (κ1) is 30.3. The predicted molar refractivity (Wildman–Crippen MR) is 131 cm³/mol. The fourth-order valence-electron chi connectivity index (χ4n) is 2.55. The van der Waals surface area contributed by atoms with Gasteiger partial charge in [-0.05, 0) is 17.2 Å². The zero-order valence-electron chi connectivity index (χ0n) is 18.6. The highest BCUT2D eigenvalue weighted by Crippen LogP contribution is 2.45. The standard InChI is InChI=1S/C19H14Cl2.C2H6O.C2H6.2CH4O/c20-18-14-8-7-13-17(18)19(21,15-9-3-1-4-10-15)16-11-5-2-6-12-16;1-3-2;3*1-2/h1-14H;1-2H3;1-2H3;2*2H,1H3. The number of aliphatic hydroxyl groups is 2. The van der Waals surface area contributed by atoms with Gasteiger partial charge in [-0.3, -0.25) is 0 Å². The van der Waals surface area contributed by atoms with E-state index in [1.807, 2.05) is 98.8 Å². The first-order valence-electron chi connectivity index (χ1n) is 9.49. The Morgan fingerprint density at radius 2 is 0.933 bits per heavy atom. The zero-order chi connectivity index (χ0) is 23.4.